The second kappa shape index (κ2) is 13.5. The summed E-state index contributed by atoms with van der Waals surface area (Å²) >= 11 is 0. The summed E-state index contributed by atoms with van der Waals surface area (Å²) in [4.78, 5) is 27.3. The molecule has 1 heterocycles. The molecule has 0 saturated heterocycles. The fourth-order valence-corrected chi connectivity index (χ4v) is 3.54. The minimum absolute atomic E-state index is 0.0229. The summed E-state index contributed by atoms with van der Waals surface area (Å²) < 4.78 is 10.7. The Labute approximate surface area is 199 Å². The maximum atomic E-state index is 13.2. The van der Waals surface area contributed by atoms with Crippen LogP contribution in [0, 0.1) is 11.8 Å². The van der Waals surface area contributed by atoms with E-state index in [0.717, 1.165) is 22.4 Å². The summed E-state index contributed by atoms with van der Waals surface area (Å²) in [5.41, 5.74) is 3.33. The van der Waals surface area contributed by atoms with Crippen molar-refractivity contribution in [2.75, 3.05) is 44.5 Å². The lowest BCUT2D eigenvalue weighted by Crippen LogP contribution is -2.38. The molecule has 34 heavy (non-hydrogen) atoms. The molecule has 1 aliphatic rings. The zero-order chi connectivity index (χ0) is 24.2. The van der Waals surface area contributed by atoms with Crippen LogP contribution in [-0.2, 0) is 25.6 Å². The second-order valence-corrected chi connectivity index (χ2v) is 7.72. The van der Waals surface area contributed by atoms with Crippen molar-refractivity contribution in [3.8, 4) is 11.8 Å². The van der Waals surface area contributed by atoms with E-state index in [4.69, 9.17) is 19.7 Å². The first-order valence-electron chi connectivity index (χ1n) is 11.3. The first kappa shape index (κ1) is 25.4. The first-order chi connectivity index (χ1) is 16.6. The van der Waals surface area contributed by atoms with E-state index in [9.17, 15) is 9.59 Å². The van der Waals surface area contributed by atoms with Gasteiger partial charge in [0.05, 0.1) is 51.4 Å². The Morgan fingerprint density at radius 1 is 0.971 bits per heavy atom. The highest BCUT2D eigenvalue weighted by atomic mass is 16.5. The van der Waals surface area contributed by atoms with Crippen LogP contribution in [-0.4, -0.2) is 67.7 Å². The Hall–Kier alpha value is -3.22. The first-order valence-corrected chi connectivity index (χ1v) is 11.3. The van der Waals surface area contributed by atoms with Crippen LogP contribution >= 0.6 is 0 Å². The van der Waals surface area contributed by atoms with Gasteiger partial charge in [0, 0.05) is 30.5 Å². The lowest BCUT2D eigenvalue weighted by Gasteiger charge is -2.26. The van der Waals surface area contributed by atoms with Crippen LogP contribution in [0.5, 0.6) is 0 Å². The van der Waals surface area contributed by atoms with Crippen molar-refractivity contribution in [3.63, 3.8) is 0 Å². The van der Waals surface area contributed by atoms with Crippen molar-refractivity contribution in [2.24, 2.45) is 0 Å². The molecule has 1 atom stereocenters. The van der Waals surface area contributed by atoms with Crippen LogP contribution < -0.4 is 10.2 Å². The molecule has 3 N–H and O–H groups in total. The number of aliphatic hydroxyl groups excluding tert-OH is 2. The molecule has 180 valence electrons. The number of hydrogen-bond donors (Lipinski definition) is 3. The van der Waals surface area contributed by atoms with Gasteiger partial charge in [-0.25, -0.2) is 0 Å². The van der Waals surface area contributed by atoms with Crippen molar-refractivity contribution < 1.29 is 29.3 Å². The molecule has 1 aliphatic heterocycles. The van der Waals surface area contributed by atoms with Gasteiger partial charge in [0.1, 0.15) is 0 Å². The topological polar surface area (TPSA) is 108 Å². The van der Waals surface area contributed by atoms with Gasteiger partial charge in [-0.15, -0.1) is 0 Å². The van der Waals surface area contributed by atoms with Gasteiger partial charge in [0.15, 0.2) is 0 Å². The molecule has 2 aromatic carbocycles. The fraction of sp³-hybridized carbons (Fsp3) is 0.385. The highest BCUT2D eigenvalue weighted by Crippen LogP contribution is 2.26. The Bertz CT molecular complexity index is 1030. The number of rotatable bonds is 12. The van der Waals surface area contributed by atoms with Gasteiger partial charge >= 0.3 is 0 Å². The number of carbonyl (C=O) groups is 2. The lowest BCUT2D eigenvalue weighted by atomic mass is 10.0. The van der Waals surface area contributed by atoms with E-state index < -0.39 is 6.10 Å². The molecule has 3 rings (SSSR count). The molecular formula is C26H30N2O6. The summed E-state index contributed by atoms with van der Waals surface area (Å²) in [5.74, 6) is 5.90. The van der Waals surface area contributed by atoms with E-state index in [0.29, 0.717) is 6.54 Å². The highest BCUT2D eigenvalue weighted by Gasteiger charge is 2.22. The molecule has 0 aliphatic carbocycles. The van der Waals surface area contributed by atoms with Gasteiger partial charge in [-0.2, -0.15) is 0 Å². The van der Waals surface area contributed by atoms with Gasteiger partial charge in [-0.1, -0.05) is 42.2 Å². The van der Waals surface area contributed by atoms with E-state index in [2.05, 4.69) is 17.2 Å². The predicted molar refractivity (Wildman–Crippen MR) is 127 cm³/mol. The third kappa shape index (κ3) is 7.40. The summed E-state index contributed by atoms with van der Waals surface area (Å²) in [6.45, 7) is 0.730. The van der Waals surface area contributed by atoms with Crippen molar-refractivity contribution in [1.29, 1.82) is 0 Å². The summed E-state index contributed by atoms with van der Waals surface area (Å²) in [6, 6.07) is 15.2. The standard InChI is InChI=1S/C26H30N2O6/c29-13-15-33-19-23(34-16-14-30)17-27-25(31)11-12-26(32)28-18-22-7-2-1-5-20(22)9-10-21-6-3-4-8-24(21)28/h1-8,23,29-30H,11-19H2,(H,27,31). The average Bonchev–Trinajstić information content (AvgIpc) is 2.85. The number of para-hydroxylation sites is 1. The molecule has 0 spiro atoms. The van der Waals surface area contributed by atoms with Crippen molar-refractivity contribution in [1.82, 2.24) is 5.32 Å². The molecule has 2 aromatic rings. The maximum absolute atomic E-state index is 13.2. The molecule has 0 saturated carbocycles. The summed E-state index contributed by atoms with van der Waals surface area (Å²) in [5, 5.41) is 20.5. The molecule has 8 nitrogen and oxygen atoms in total. The smallest absolute Gasteiger partial charge is 0.227 e. The minimum atomic E-state index is -0.463. The van der Waals surface area contributed by atoms with Crippen LogP contribution in [0.4, 0.5) is 5.69 Å². The summed E-state index contributed by atoms with van der Waals surface area (Å²) in [7, 11) is 0. The molecular weight excluding hydrogens is 436 g/mol. The normalized spacial score (nSPS) is 12.9. The second-order valence-electron chi connectivity index (χ2n) is 7.72. The van der Waals surface area contributed by atoms with Crippen LogP contribution in [0.1, 0.15) is 29.5 Å². The van der Waals surface area contributed by atoms with Gasteiger partial charge in [-0.05, 0) is 23.8 Å². The third-order valence-corrected chi connectivity index (χ3v) is 5.25. The van der Waals surface area contributed by atoms with Crippen molar-refractivity contribution in [2.45, 2.75) is 25.5 Å². The zero-order valence-corrected chi connectivity index (χ0v) is 19.0. The van der Waals surface area contributed by atoms with E-state index in [1.165, 1.54) is 0 Å². The van der Waals surface area contributed by atoms with Crippen molar-refractivity contribution in [3.05, 3.63) is 65.2 Å². The van der Waals surface area contributed by atoms with E-state index >= 15 is 0 Å². The number of aliphatic hydroxyl groups is 2. The van der Waals surface area contributed by atoms with E-state index in [1.54, 1.807) is 4.90 Å². The number of hydrogen-bond acceptors (Lipinski definition) is 6. The fourth-order valence-electron chi connectivity index (χ4n) is 3.54. The van der Waals surface area contributed by atoms with Crippen LogP contribution in [0.15, 0.2) is 48.5 Å². The molecule has 0 radical (unpaired) electrons. The highest BCUT2D eigenvalue weighted by molar-refractivity contribution is 5.96. The zero-order valence-electron chi connectivity index (χ0n) is 19.0. The summed E-state index contributed by atoms with van der Waals surface area (Å²) in [6.07, 6.45) is -0.400. The quantitative estimate of drug-likeness (QED) is 0.321. The lowest BCUT2D eigenvalue weighted by molar-refractivity contribution is -0.126. The molecule has 0 bridgehead atoms. The molecule has 2 amide bonds. The van der Waals surface area contributed by atoms with Crippen LogP contribution in [0.25, 0.3) is 0 Å². The monoisotopic (exact) mass is 466 g/mol. The Balaban J connectivity index is 1.60. The largest absolute Gasteiger partial charge is 0.394 e. The number of anilines is 1. The Morgan fingerprint density at radius 3 is 2.47 bits per heavy atom. The number of nitrogens with one attached hydrogen (secondary N) is 1. The molecule has 0 aromatic heterocycles. The molecule has 8 heteroatoms. The Morgan fingerprint density at radius 2 is 1.68 bits per heavy atom. The van der Waals surface area contributed by atoms with Gasteiger partial charge in [0.25, 0.3) is 0 Å². The maximum Gasteiger partial charge on any atom is 0.227 e. The number of fused-ring (bicyclic) bond motifs is 2. The van der Waals surface area contributed by atoms with Gasteiger partial charge in [0.2, 0.25) is 11.8 Å². The minimum Gasteiger partial charge on any atom is -0.394 e. The van der Waals surface area contributed by atoms with Crippen LogP contribution in [0.3, 0.4) is 0 Å². The average molecular weight is 467 g/mol. The van der Waals surface area contributed by atoms with Gasteiger partial charge < -0.3 is 29.9 Å². The number of ether oxygens (including phenoxy) is 2. The Kier molecular flexibility index (Phi) is 10.1. The van der Waals surface area contributed by atoms with Gasteiger partial charge in [-0.3, -0.25) is 9.59 Å². The number of carbonyl (C=O) groups excluding carboxylic acids is 2. The number of nitrogens with zero attached hydrogens (tertiary/aromatic N) is 1. The molecule has 0 fully saturated rings. The number of benzene rings is 2. The number of amides is 2. The third-order valence-electron chi connectivity index (χ3n) is 5.25. The van der Waals surface area contributed by atoms with E-state index in [1.807, 2.05) is 48.5 Å². The predicted octanol–water partition coefficient (Wildman–Crippen LogP) is 1.22. The van der Waals surface area contributed by atoms with Crippen molar-refractivity contribution >= 4 is 17.5 Å². The van der Waals surface area contributed by atoms with E-state index in [-0.39, 0.29) is 64.2 Å². The molecule has 1 unspecified atom stereocenters. The SMILES string of the molecule is O=C(CCC(=O)N1Cc2ccccc2C#Cc2ccccc21)NCC(COCCO)OCCO. The van der Waals surface area contributed by atoms with Crippen LogP contribution in [0.2, 0.25) is 0 Å².